The molecule has 0 aliphatic carbocycles. The first kappa shape index (κ1) is 15.9. The number of carbonyl (C=O) groups is 1. The van der Waals surface area contributed by atoms with Crippen LogP contribution in [-0.2, 0) is 0 Å². The van der Waals surface area contributed by atoms with Gasteiger partial charge in [-0.15, -0.1) is 11.3 Å². The summed E-state index contributed by atoms with van der Waals surface area (Å²) in [6.45, 7) is 0.128. The van der Waals surface area contributed by atoms with E-state index in [4.69, 9.17) is 4.42 Å². The summed E-state index contributed by atoms with van der Waals surface area (Å²) in [6, 6.07) is 7.21. The molecule has 3 aromatic rings. The molecule has 0 saturated carbocycles. The van der Waals surface area contributed by atoms with Crippen molar-refractivity contribution in [1.82, 2.24) is 10.3 Å². The highest BCUT2D eigenvalue weighted by Gasteiger charge is 2.14. The summed E-state index contributed by atoms with van der Waals surface area (Å²) in [6.07, 6.45) is 3.92. The minimum Gasteiger partial charge on any atom is -0.464 e. The Hall–Kier alpha value is -1.96. The quantitative estimate of drug-likeness (QED) is 0.694. The van der Waals surface area contributed by atoms with Crippen molar-refractivity contribution in [3.05, 3.63) is 63.2 Å². The van der Waals surface area contributed by atoms with Gasteiger partial charge in [0.2, 0.25) is 0 Å². The summed E-state index contributed by atoms with van der Waals surface area (Å²) in [5.74, 6) is 0.476. The molecule has 0 radical (unpaired) electrons. The highest BCUT2D eigenvalue weighted by atomic mass is 79.9. The normalized spacial score (nSPS) is 12.1. The number of furan rings is 1. The standard InChI is InChI=1S/C16H13BrN2O3S/c17-12-4-10(6-18-7-12)16(21)19-8-13(20)15-5-11(9-23-15)14-2-1-3-22-14/h1-7,9,13,20H,8H2,(H,19,21). The lowest BCUT2D eigenvalue weighted by Gasteiger charge is -2.10. The number of hydrogen-bond acceptors (Lipinski definition) is 5. The first-order valence-electron chi connectivity index (χ1n) is 6.82. The third kappa shape index (κ3) is 3.87. The molecule has 0 fully saturated rings. The molecule has 1 unspecified atom stereocenters. The number of aromatic nitrogens is 1. The molecule has 1 atom stereocenters. The zero-order valence-corrected chi connectivity index (χ0v) is 14.3. The van der Waals surface area contributed by atoms with Gasteiger partial charge in [-0.25, -0.2) is 0 Å². The lowest BCUT2D eigenvalue weighted by atomic mass is 10.2. The average Bonchev–Trinajstić information content (AvgIpc) is 3.22. The van der Waals surface area contributed by atoms with Crippen molar-refractivity contribution in [2.75, 3.05) is 6.54 Å². The number of amides is 1. The van der Waals surface area contributed by atoms with E-state index in [2.05, 4.69) is 26.2 Å². The Labute approximate surface area is 145 Å². The highest BCUT2D eigenvalue weighted by Crippen LogP contribution is 2.29. The number of aliphatic hydroxyl groups excluding tert-OH is 1. The zero-order valence-electron chi connectivity index (χ0n) is 11.9. The summed E-state index contributed by atoms with van der Waals surface area (Å²) < 4.78 is 6.05. The Morgan fingerprint density at radius 1 is 1.43 bits per heavy atom. The monoisotopic (exact) mass is 392 g/mol. The van der Waals surface area contributed by atoms with Crippen LogP contribution in [0.4, 0.5) is 0 Å². The molecule has 0 aliphatic rings. The predicted octanol–water partition coefficient (Wildman–Crippen LogP) is 3.63. The van der Waals surface area contributed by atoms with Crippen LogP contribution in [0.15, 0.2) is 57.2 Å². The Kier molecular flexibility index (Phi) is 4.90. The first-order valence-corrected chi connectivity index (χ1v) is 8.50. The molecule has 3 aromatic heterocycles. The van der Waals surface area contributed by atoms with E-state index in [1.165, 1.54) is 17.5 Å². The first-order chi connectivity index (χ1) is 11.1. The maximum Gasteiger partial charge on any atom is 0.252 e. The molecule has 0 spiro atoms. The summed E-state index contributed by atoms with van der Waals surface area (Å²) in [5.41, 5.74) is 1.35. The number of aliphatic hydroxyl groups is 1. The van der Waals surface area contributed by atoms with Gasteiger partial charge in [-0.2, -0.15) is 0 Å². The van der Waals surface area contributed by atoms with Crippen LogP contribution in [0.3, 0.4) is 0 Å². The van der Waals surface area contributed by atoms with E-state index in [9.17, 15) is 9.90 Å². The van der Waals surface area contributed by atoms with E-state index in [-0.39, 0.29) is 12.5 Å². The van der Waals surface area contributed by atoms with Gasteiger partial charge in [-0.1, -0.05) is 0 Å². The van der Waals surface area contributed by atoms with Crippen molar-refractivity contribution in [3.63, 3.8) is 0 Å². The minimum atomic E-state index is -0.771. The third-order valence-electron chi connectivity index (χ3n) is 3.18. The van der Waals surface area contributed by atoms with E-state index in [1.807, 2.05) is 23.6 Å². The minimum absolute atomic E-state index is 0.128. The van der Waals surface area contributed by atoms with Crippen LogP contribution in [-0.4, -0.2) is 22.5 Å². The van der Waals surface area contributed by atoms with E-state index in [0.717, 1.165) is 20.7 Å². The molecular weight excluding hydrogens is 380 g/mol. The number of thiophene rings is 1. The summed E-state index contributed by atoms with van der Waals surface area (Å²) in [5, 5.41) is 14.8. The van der Waals surface area contributed by atoms with E-state index >= 15 is 0 Å². The predicted molar refractivity (Wildman–Crippen MR) is 91.3 cm³/mol. The topological polar surface area (TPSA) is 75.4 Å². The molecule has 5 nitrogen and oxygen atoms in total. The van der Waals surface area contributed by atoms with Gasteiger partial charge >= 0.3 is 0 Å². The number of nitrogens with one attached hydrogen (secondary N) is 1. The van der Waals surface area contributed by atoms with Gasteiger partial charge in [0, 0.05) is 39.2 Å². The number of pyridine rings is 1. The van der Waals surface area contributed by atoms with Crippen LogP contribution in [0, 0.1) is 0 Å². The lowest BCUT2D eigenvalue weighted by molar-refractivity contribution is 0.0917. The fraction of sp³-hybridized carbons (Fsp3) is 0.125. The van der Waals surface area contributed by atoms with Gasteiger partial charge in [-0.05, 0) is 40.2 Å². The smallest absolute Gasteiger partial charge is 0.252 e. The van der Waals surface area contributed by atoms with Crippen LogP contribution >= 0.6 is 27.3 Å². The molecular formula is C16H13BrN2O3S. The Morgan fingerprint density at radius 2 is 2.30 bits per heavy atom. The fourth-order valence-corrected chi connectivity index (χ4v) is 3.28. The van der Waals surface area contributed by atoms with Gasteiger partial charge < -0.3 is 14.8 Å². The zero-order chi connectivity index (χ0) is 16.2. The van der Waals surface area contributed by atoms with Crippen molar-refractivity contribution in [2.45, 2.75) is 6.10 Å². The summed E-state index contributed by atoms with van der Waals surface area (Å²) in [7, 11) is 0. The summed E-state index contributed by atoms with van der Waals surface area (Å²) in [4.78, 5) is 16.7. The lowest BCUT2D eigenvalue weighted by Crippen LogP contribution is -2.28. The van der Waals surface area contributed by atoms with Gasteiger partial charge in [0.1, 0.15) is 11.9 Å². The number of rotatable bonds is 5. The van der Waals surface area contributed by atoms with Crippen LogP contribution in [0.2, 0.25) is 0 Å². The van der Waals surface area contributed by atoms with Gasteiger partial charge in [0.15, 0.2) is 0 Å². The van der Waals surface area contributed by atoms with Gasteiger partial charge in [0.05, 0.1) is 11.8 Å². The molecule has 1 amide bonds. The maximum atomic E-state index is 12.0. The Morgan fingerprint density at radius 3 is 3.04 bits per heavy atom. The Bertz CT molecular complexity index is 801. The van der Waals surface area contributed by atoms with Crippen molar-refractivity contribution >= 4 is 33.2 Å². The van der Waals surface area contributed by atoms with Gasteiger partial charge in [0.25, 0.3) is 5.91 Å². The SMILES string of the molecule is O=C(NCC(O)c1cc(-c2ccco2)cs1)c1cncc(Br)c1. The second-order valence-corrected chi connectivity index (χ2v) is 6.69. The molecule has 0 bridgehead atoms. The number of hydrogen-bond donors (Lipinski definition) is 2. The second kappa shape index (κ2) is 7.08. The summed E-state index contributed by atoms with van der Waals surface area (Å²) >= 11 is 4.69. The Balaban J connectivity index is 1.61. The molecule has 0 aromatic carbocycles. The van der Waals surface area contributed by atoms with Crippen molar-refractivity contribution in [1.29, 1.82) is 0 Å². The molecule has 0 aliphatic heterocycles. The molecule has 7 heteroatoms. The molecule has 0 saturated heterocycles. The average molecular weight is 393 g/mol. The van der Waals surface area contributed by atoms with E-state index < -0.39 is 6.10 Å². The van der Waals surface area contributed by atoms with Crippen LogP contribution < -0.4 is 5.32 Å². The molecule has 2 N–H and O–H groups in total. The maximum absolute atomic E-state index is 12.0. The second-order valence-electron chi connectivity index (χ2n) is 4.83. The van der Waals surface area contributed by atoms with Crippen LogP contribution in [0.25, 0.3) is 11.3 Å². The molecule has 3 heterocycles. The van der Waals surface area contributed by atoms with Crippen molar-refractivity contribution in [3.8, 4) is 11.3 Å². The molecule has 23 heavy (non-hydrogen) atoms. The van der Waals surface area contributed by atoms with Gasteiger partial charge in [-0.3, -0.25) is 9.78 Å². The van der Waals surface area contributed by atoms with Crippen LogP contribution in [0.1, 0.15) is 21.3 Å². The highest BCUT2D eigenvalue weighted by molar-refractivity contribution is 9.10. The van der Waals surface area contributed by atoms with Crippen molar-refractivity contribution in [2.24, 2.45) is 0 Å². The van der Waals surface area contributed by atoms with E-state index in [1.54, 1.807) is 18.5 Å². The number of carbonyl (C=O) groups excluding carboxylic acids is 1. The molecule has 3 rings (SSSR count). The van der Waals surface area contributed by atoms with Crippen LogP contribution in [0.5, 0.6) is 0 Å². The number of nitrogens with zero attached hydrogens (tertiary/aromatic N) is 1. The third-order valence-corrected chi connectivity index (χ3v) is 4.64. The number of halogens is 1. The molecule has 118 valence electrons. The van der Waals surface area contributed by atoms with Crippen molar-refractivity contribution < 1.29 is 14.3 Å². The fourth-order valence-electron chi connectivity index (χ4n) is 2.03. The van der Waals surface area contributed by atoms with E-state index in [0.29, 0.717) is 5.56 Å². The largest absolute Gasteiger partial charge is 0.464 e.